The van der Waals surface area contributed by atoms with Gasteiger partial charge in [-0.1, -0.05) is 26.0 Å². The van der Waals surface area contributed by atoms with Gasteiger partial charge < -0.3 is 4.74 Å². The molecule has 1 amide bonds. The summed E-state index contributed by atoms with van der Waals surface area (Å²) in [4.78, 5) is 11.9. The predicted molar refractivity (Wildman–Crippen MR) is 80.7 cm³/mol. The third kappa shape index (κ3) is 3.22. The van der Waals surface area contributed by atoms with Crippen LogP contribution in [0.3, 0.4) is 0 Å². The number of ether oxygens (including phenoxy) is 1. The van der Waals surface area contributed by atoms with Gasteiger partial charge in [0, 0.05) is 11.3 Å². The number of amides is 1. The van der Waals surface area contributed by atoms with E-state index < -0.39 is 0 Å². The molecule has 0 aliphatic rings. The molecule has 6 nitrogen and oxygen atoms in total. The smallest absolute Gasteiger partial charge is 0.269 e. The molecule has 0 saturated heterocycles. The van der Waals surface area contributed by atoms with Crippen molar-refractivity contribution in [3.05, 3.63) is 35.5 Å². The number of hydrogen-bond donors (Lipinski definition) is 3. The normalized spacial score (nSPS) is 10.7. The summed E-state index contributed by atoms with van der Waals surface area (Å²) >= 11 is 0. The highest BCUT2D eigenvalue weighted by Crippen LogP contribution is 2.32. The van der Waals surface area contributed by atoms with E-state index in [9.17, 15) is 4.79 Å². The Balaban J connectivity index is 2.45. The highest BCUT2D eigenvalue weighted by molar-refractivity contribution is 6.01. The number of aryl methyl sites for hydroxylation is 1. The van der Waals surface area contributed by atoms with Gasteiger partial charge >= 0.3 is 0 Å². The first-order chi connectivity index (χ1) is 10.0. The van der Waals surface area contributed by atoms with Gasteiger partial charge in [-0.15, -0.1) is 0 Å². The van der Waals surface area contributed by atoms with Crippen LogP contribution in [0.5, 0.6) is 5.75 Å². The van der Waals surface area contributed by atoms with Crippen molar-refractivity contribution in [2.45, 2.75) is 20.8 Å². The predicted octanol–water partition coefficient (Wildman–Crippen LogP) is 2.02. The molecule has 1 aromatic carbocycles. The van der Waals surface area contributed by atoms with Crippen LogP contribution in [0.1, 0.15) is 29.9 Å². The summed E-state index contributed by atoms with van der Waals surface area (Å²) < 4.78 is 5.81. The number of benzene rings is 1. The minimum atomic E-state index is -0.380. The number of nitrogens with one attached hydrogen (secondary N) is 2. The number of nitrogens with two attached hydrogens (primary N) is 1. The SMILES string of the molecule is Cc1[nH]nc(-c2ccccc2OCC(C)C)c1C(=O)NN. The monoisotopic (exact) mass is 288 g/mol. The van der Waals surface area contributed by atoms with Gasteiger partial charge in [-0.25, -0.2) is 5.84 Å². The number of hydrogen-bond acceptors (Lipinski definition) is 4. The van der Waals surface area contributed by atoms with Crippen molar-refractivity contribution < 1.29 is 9.53 Å². The second-order valence-electron chi connectivity index (χ2n) is 5.25. The van der Waals surface area contributed by atoms with Crippen molar-refractivity contribution in [2.75, 3.05) is 6.61 Å². The van der Waals surface area contributed by atoms with Crippen LogP contribution in [0, 0.1) is 12.8 Å². The topological polar surface area (TPSA) is 93.0 Å². The summed E-state index contributed by atoms with van der Waals surface area (Å²) in [6, 6.07) is 7.51. The molecule has 4 N–H and O–H groups in total. The molecule has 2 rings (SSSR count). The Labute approximate surface area is 123 Å². The molecule has 0 bridgehead atoms. The summed E-state index contributed by atoms with van der Waals surface area (Å²) in [5.41, 5.74) is 4.54. The largest absolute Gasteiger partial charge is 0.493 e. The number of hydrazine groups is 1. The molecule has 0 fully saturated rings. The maximum atomic E-state index is 11.9. The molecular formula is C15H20N4O2. The molecule has 1 aromatic heterocycles. The minimum Gasteiger partial charge on any atom is -0.493 e. The zero-order valence-corrected chi connectivity index (χ0v) is 12.4. The van der Waals surface area contributed by atoms with E-state index in [1.165, 1.54) is 0 Å². The van der Waals surface area contributed by atoms with Crippen LogP contribution in [0.15, 0.2) is 24.3 Å². The van der Waals surface area contributed by atoms with Crippen LogP contribution in [-0.4, -0.2) is 22.7 Å². The fourth-order valence-corrected chi connectivity index (χ4v) is 2.02. The third-order valence-corrected chi connectivity index (χ3v) is 3.02. The maximum absolute atomic E-state index is 11.9. The van der Waals surface area contributed by atoms with E-state index >= 15 is 0 Å². The number of carbonyl (C=O) groups excluding carboxylic acids is 1. The van der Waals surface area contributed by atoms with Gasteiger partial charge in [0.2, 0.25) is 0 Å². The lowest BCUT2D eigenvalue weighted by molar-refractivity contribution is 0.0954. The van der Waals surface area contributed by atoms with Crippen molar-refractivity contribution in [1.29, 1.82) is 0 Å². The first-order valence-electron chi connectivity index (χ1n) is 6.82. The van der Waals surface area contributed by atoms with E-state index in [1.807, 2.05) is 24.3 Å². The number of para-hydroxylation sites is 1. The Morgan fingerprint density at radius 3 is 2.81 bits per heavy atom. The van der Waals surface area contributed by atoms with Gasteiger partial charge in [0.05, 0.1) is 12.2 Å². The Bertz CT molecular complexity index is 634. The highest BCUT2D eigenvalue weighted by Gasteiger charge is 2.21. The van der Waals surface area contributed by atoms with Crippen LogP contribution in [-0.2, 0) is 0 Å². The van der Waals surface area contributed by atoms with E-state index in [0.29, 0.717) is 35.2 Å². The van der Waals surface area contributed by atoms with Crippen LogP contribution >= 0.6 is 0 Å². The van der Waals surface area contributed by atoms with Crippen LogP contribution in [0.4, 0.5) is 0 Å². The highest BCUT2D eigenvalue weighted by atomic mass is 16.5. The first kappa shape index (κ1) is 15.1. The average molecular weight is 288 g/mol. The van der Waals surface area contributed by atoms with Crippen molar-refractivity contribution in [1.82, 2.24) is 15.6 Å². The molecule has 0 aliphatic heterocycles. The van der Waals surface area contributed by atoms with Crippen molar-refractivity contribution in [3.8, 4) is 17.0 Å². The first-order valence-corrected chi connectivity index (χ1v) is 6.82. The maximum Gasteiger partial charge on any atom is 0.269 e. The molecule has 0 atom stereocenters. The fraction of sp³-hybridized carbons (Fsp3) is 0.333. The van der Waals surface area contributed by atoms with E-state index in [4.69, 9.17) is 10.6 Å². The van der Waals surface area contributed by atoms with Gasteiger partial charge in [-0.3, -0.25) is 15.3 Å². The minimum absolute atomic E-state index is 0.380. The number of aromatic nitrogens is 2. The van der Waals surface area contributed by atoms with Gasteiger partial charge in [-0.2, -0.15) is 5.10 Å². The summed E-state index contributed by atoms with van der Waals surface area (Å²) in [5.74, 6) is 5.97. The second-order valence-corrected chi connectivity index (χ2v) is 5.25. The van der Waals surface area contributed by atoms with Gasteiger partial charge in [0.15, 0.2) is 0 Å². The molecule has 0 unspecified atom stereocenters. The number of rotatable bonds is 5. The lowest BCUT2D eigenvalue weighted by Gasteiger charge is -2.12. The van der Waals surface area contributed by atoms with E-state index in [2.05, 4.69) is 29.5 Å². The quantitative estimate of drug-likeness (QED) is 0.446. The average Bonchev–Trinajstić information content (AvgIpc) is 2.86. The van der Waals surface area contributed by atoms with Crippen LogP contribution < -0.4 is 16.0 Å². The summed E-state index contributed by atoms with van der Waals surface area (Å²) in [6.45, 7) is 6.53. The Morgan fingerprint density at radius 1 is 1.43 bits per heavy atom. The van der Waals surface area contributed by atoms with E-state index in [0.717, 1.165) is 5.56 Å². The molecule has 21 heavy (non-hydrogen) atoms. The number of H-pyrrole nitrogens is 1. The molecule has 0 saturated carbocycles. The zero-order chi connectivity index (χ0) is 15.4. The number of carbonyl (C=O) groups is 1. The van der Waals surface area contributed by atoms with Gasteiger partial charge in [0.1, 0.15) is 11.4 Å². The molecule has 0 radical (unpaired) electrons. The van der Waals surface area contributed by atoms with E-state index in [1.54, 1.807) is 6.92 Å². The Hall–Kier alpha value is -2.34. The van der Waals surface area contributed by atoms with Gasteiger partial charge in [0.25, 0.3) is 5.91 Å². The number of nitrogen functional groups attached to an aromatic ring is 1. The third-order valence-electron chi connectivity index (χ3n) is 3.02. The molecule has 6 heteroatoms. The fourth-order valence-electron chi connectivity index (χ4n) is 2.02. The molecule has 112 valence electrons. The van der Waals surface area contributed by atoms with Gasteiger partial charge in [-0.05, 0) is 25.0 Å². The Kier molecular flexibility index (Phi) is 4.59. The molecule has 2 aromatic rings. The molecule has 0 spiro atoms. The molecular weight excluding hydrogens is 268 g/mol. The Morgan fingerprint density at radius 2 is 2.14 bits per heavy atom. The lowest BCUT2D eigenvalue weighted by atomic mass is 10.0. The lowest BCUT2D eigenvalue weighted by Crippen LogP contribution is -2.30. The van der Waals surface area contributed by atoms with E-state index in [-0.39, 0.29) is 5.91 Å². The zero-order valence-electron chi connectivity index (χ0n) is 12.4. The second kappa shape index (κ2) is 6.41. The summed E-state index contributed by atoms with van der Waals surface area (Å²) in [7, 11) is 0. The van der Waals surface area contributed by atoms with Crippen molar-refractivity contribution in [3.63, 3.8) is 0 Å². The summed E-state index contributed by atoms with van der Waals surface area (Å²) in [5, 5.41) is 7.04. The number of aromatic amines is 1. The van der Waals surface area contributed by atoms with Crippen LogP contribution in [0.2, 0.25) is 0 Å². The molecule has 1 heterocycles. The van der Waals surface area contributed by atoms with Crippen LogP contribution in [0.25, 0.3) is 11.3 Å². The van der Waals surface area contributed by atoms with Crippen molar-refractivity contribution in [2.24, 2.45) is 11.8 Å². The standard InChI is InChI=1S/C15H20N4O2/c1-9(2)8-21-12-7-5-4-6-11(12)14-13(15(20)17-16)10(3)18-19-14/h4-7,9H,8,16H2,1-3H3,(H,17,20)(H,18,19). The summed E-state index contributed by atoms with van der Waals surface area (Å²) in [6.07, 6.45) is 0. The molecule has 0 aliphatic carbocycles. The number of nitrogens with zero attached hydrogens (tertiary/aromatic N) is 1. The van der Waals surface area contributed by atoms with Crippen molar-refractivity contribution >= 4 is 5.91 Å².